The molecule has 0 bridgehead atoms. The fourth-order valence-corrected chi connectivity index (χ4v) is 0.712. The molecule has 0 aliphatic heterocycles. The highest BCUT2D eigenvalue weighted by Gasteiger charge is 2.21. The van der Waals surface area contributed by atoms with Crippen LogP contribution in [0.5, 0.6) is 0 Å². The summed E-state index contributed by atoms with van der Waals surface area (Å²) >= 11 is 0. The van der Waals surface area contributed by atoms with E-state index in [1.807, 2.05) is 0 Å². The van der Waals surface area contributed by atoms with Gasteiger partial charge in [-0.3, -0.25) is 9.59 Å². The van der Waals surface area contributed by atoms with Crippen molar-refractivity contribution in [1.29, 1.82) is 0 Å². The molecule has 0 saturated carbocycles. The summed E-state index contributed by atoms with van der Waals surface area (Å²) < 4.78 is 9.90. The van der Waals surface area contributed by atoms with Crippen LogP contribution in [0.2, 0.25) is 0 Å². The van der Waals surface area contributed by atoms with Crippen molar-refractivity contribution in [3.8, 4) is 0 Å². The molecule has 0 saturated heterocycles. The minimum Gasteiger partial charge on any atom is -0.486 e. The lowest BCUT2D eigenvalue weighted by Crippen LogP contribution is -2.31. The van der Waals surface area contributed by atoms with Crippen LogP contribution < -0.4 is 0 Å². The third kappa shape index (κ3) is 4.45. The minimum atomic E-state index is -0.903. The summed E-state index contributed by atoms with van der Waals surface area (Å²) in [5, 5.41) is 0. The quantitative estimate of drug-likeness (QED) is 0.456. The summed E-state index contributed by atoms with van der Waals surface area (Å²) in [7, 11) is 0. The lowest BCUT2D eigenvalue weighted by atomic mass is 10.2. The Morgan fingerprint density at radius 3 is 1.43 bits per heavy atom. The number of carbonyl (C=O) groups excluding carboxylic acids is 2. The predicted molar refractivity (Wildman–Crippen MR) is 51.5 cm³/mol. The summed E-state index contributed by atoms with van der Waals surface area (Å²) in [6.45, 7) is 3.48. The molecule has 0 radical (unpaired) electrons. The van der Waals surface area contributed by atoms with E-state index in [0.717, 1.165) is 0 Å². The molecule has 0 amide bonds. The van der Waals surface area contributed by atoms with Gasteiger partial charge in [-0.25, -0.2) is 0 Å². The zero-order valence-electron chi connectivity index (χ0n) is 8.25. The molecular weight excluding hydrogens is 184 g/mol. The summed E-state index contributed by atoms with van der Waals surface area (Å²) in [4.78, 5) is 21.1. The van der Waals surface area contributed by atoms with Gasteiger partial charge in [0.05, 0.1) is 12.5 Å². The maximum Gasteiger partial charge on any atom is 0.196 e. The van der Waals surface area contributed by atoms with E-state index in [0.29, 0.717) is 12.6 Å². The van der Waals surface area contributed by atoms with Gasteiger partial charge >= 0.3 is 0 Å². The number of rotatable bonds is 7. The predicted octanol–water partition coefficient (Wildman–Crippen LogP) is 1.22. The van der Waals surface area contributed by atoms with Crippen LogP contribution in [0.3, 0.4) is 0 Å². The molecule has 0 N–H and O–H groups in total. The van der Waals surface area contributed by atoms with Crippen molar-refractivity contribution in [3.05, 3.63) is 24.7 Å². The smallest absolute Gasteiger partial charge is 0.196 e. The third-order valence-corrected chi connectivity index (χ3v) is 1.34. The molecule has 0 aliphatic carbocycles. The molecule has 2 unspecified atom stereocenters. The zero-order valence-corrected chi connectivity index (χ0v) is 8.25. The van der Waals surface area contributed by atoms with E-state index in [1.54, 1.807) is 26.0 Å². The van der Waals surface area contributed by atoms with E-state index in [-0.39, 0.29) is 0 Å². The first-order chi connectivity index (χ1) is 6.79. The van der Waals surface area contributed by atoms with Gasteiger partial charge in [0.1, 0.15) is 0 Å². The number of hydrogen-bond acceptors (Lipinski definition) is 4. The monoisotopic (exact) mass is 198 g/mol. The normalized spacial score (nSPS) is 15.3. The van der Waals surface area contributed by atoms with E-state index in [9.17, 15) is 9.59 Å². The molecule has 4 heteroatoms. The second-order valence-corrected chi connectivity index (χ2v) is 2.41. The SMILES string of the molecule is CC=COC(C=O)C(C=O)OC=CC. The van der Waals surface area contributed by atoms with Crippen molar-refractivity contribution >= 4 is 12.6 Å². The molecule has 0 aromatic heterocycles. The number of hydrogen-bond donors (Lipinski definition) is 0. The molecule has 4 nitrogen and oxygen atoms in total. The van der Waals surface area contributed by atoms with Gasteiger partial charge in [-0.15, -0.1) is 0 Å². The molecule has 0 fully saturated rings. The largest absolute Gasteiger partial charge is 0.486 e. The average molecular weight is 198 g/mol. The maximum absolute atomic E-state index is 10.6. The van der Waals surface area contributed by atoms with E-state index in [4.69, 9.17) is 9.47 Å². The number of ether oxygens (including phenoxy) is 2. The van der Waals surface area contributed by atoms with Crippen molar-refractivity contribution in [1.82, 2.24) is 0 Å². The Bertz CT molecular complexity index is 196. The Morgan fingerprint density at radius 1 is 0.857 bits per heavy atom. The topological polar surface area (TPSA) is 52.6 Å². The molecule has 0 rings (SSSR count). The lowest BCUT2D eigenvalue weighted by molar-refractivity contribution is -0.130. The second kappa shape index (κ2) is 8.04. The van der Waals surface area contributed by atoms with Gasteiger partial charge in [-0.05, 0) is 13.8 Å². The van der Waals surface area contributed by atoms with Crippen molar-refractivity contribution in [3.63, 3.8) is 0 Å². The fraction of sp³-hybridized carbons (Fsp3) is 0.400. The van der Waals surface area contributed by atoms with Crippen LogP contribution in [0.4, 0.5) is 0 Å². The van der Waals surface area contributed by atoms with Gasteiger partial charge < -0.3 is 9.47 Å². The van der Waals surface area contributed by atoms with Crippen molar-refractivity contribution < 1.29 is 19.1 Å². The molecule has 0 aromatic carbocycles. The Hall–Kier alpha value is -1.58. The molecule has 14 heavy (non-hydrogen) atoms. The first-order valence-electron chi connectivity index (χ1n) is 4.24. The fourth-order valence-electron chi connectivity index (χ4n) is 0.712. The summed E-state index contributed by atoms with van der Waals surface area (Å²) in [6, 6.07) is 0. The molecular formula is C10H14O4. The summed E-state index contributed by atoms with van der Waals surface area (Å²) in [5.74, 6) is 0. The van der Waals surface area contributed by atoms with Gasteiger partial charge in [0, 0.05) is 0 Å². The first-order valence-corrected chi connectivity index (χ1v) is 4.24. The van der Waals surface area contributed by atoms with E-state index in [2.05, 4.69) is 0 Å². The molecule has 78 valence electrons. The number of allylic oxidation sites excluding steroid dienone is 2. The van der Waals surface area contributed by atoms with Crippen LogP contribution >= 0.6 is 0 Å². The van der Waals surface area contributed by atoms with Crippen LogP contribution in [0.1, 0.15) is 13.8 Å². The Balaban J connectivity index is 4.27. The second-order valence-electron chi connectivity index (χ2n) is 2.41. The third-order valence-electron chi connectivity index (χ3n) is 1.34. The van der Waals surface area contributed by atoms with Crippen LogP contribution in [0.15, 0.2) is 24.7 Å². The Kier molecular flexibility index (Phi) is 7.13. The Morgan fingerprint density at radius 2 is 1.21 bits per heavy atom. The van der Waals surface area contributed by atoms with Crippen molar-refractivity contribution in [2.75, 3.05) is 0 Å². The van der Waals surface area contributed by atoms with Gasteiger partial charge in [0.2, 0.25) is 0 Å². The standard InChI is InChI=1S/C10H14O4/c1-3-5-13-9(7-11)10(8-12)14-6-4-2/h3-10H,1-2H3. The highest BCUT2D eigenvalue weighted by Crippen LogP contribution is 2.01. The van der Waals surface area contributed by atoms with E-state index >= 15 is 0 Å². The molecule has 0 heterocycles. The van der Waals surface area contributed by atoms with E-state index < -0.39 is 12.2 Å². The molecule has 0 aliphatic rings. The maximum atomic E-state index is 10.6. The highest BCUT2D eigenvalue weighted by atomic mass is 16.5. The summed E-state index contributed by atoms with van der Waals surface area (Å²) in [5.41, 5.74) is 0. The number of carbonyl (C=O) groups is 2. The van der Waals surface area contributed by atoms with Crippen LogP contribution in [-0.4, -0.2) is 24.8 Å². The zero-order chi connectivity index (χ0) is 10.8. The van der Waals surface area contributed by atoms with Gasteiger partial charge in [-0.1, -0.05) is 12.2 Å². The van der Waals surface area contributed by atoms with Crippen LogP contribution in [0.25, 0.3) is 0 Å². The first kappa shape index (κ1) is 12.4. The summed E-state index contributed by atoms with van der Waals surface area (Å²) in [6.07, 6.45) is 5.18. The van der Waals surface area contributed by atoms with Crippen molar-refractivity contribution in [2.24, 2.45) is 0 Å². The van der Waals surface area contributed by atoms with E-state index in [1.165, 1.54) is 12.5 Å². The van der Waals surface area contributed by atoms with Gasteiger partial charge in [0.15, 0.2) is 24.8 Å². The number of aldehydes is 2. The molecule has 2 atom stereocenters. The van der Waals surface area contributed by atoms with Crippen LogP contribution in [0, 0.1) is 0 Å². The molecule has 0 aromatic rings. The van der Waals surface area contributed by atoms with Crippen LogP contribution in [-0.2, 0) is 19.1 Å². The van der Waals surface area contributed by atoms with Crippen molar-refractivity contribution in [2.45, 2.75) is 26.1 Å². The minimum absolute atomic E-state index is 0.530. The Labute approximate surface area is 83.2 Å². The van der Waals surface area contributed by atoms with Gasteiger partial charge in [0.25, 0.3) is 0 Å². The highest BCUT2D eigenvalue weighted by molar-refractivity contribution is 5.68. The average Bonchev–Trinajstić information content (AvgIpc) is 2.23. The lowest BCUT2D eigenvalue weighted by Gasteiger charge is -2.16. The van der Waals surface area contributed by atoms with Gasteiger partial charge in [-0.2, -0.15) is 0 Å². The molecule has 0 spiro atoms.